The highest BCUT2D eigenvalue weighted by molar-refractivity contribution is 7.91. The van der Waals surface area contributed by atoms with Crippen LogP contribution in [-0.4, -0.2) is 27.4 Å². The van der Waals surface area contributed by atoms with Gasteiger partial charge in [0.2, 0.25) is 0 Å². The third-order valence-corrected chi connectivity index (χ3v) is 4.50. The van der Waals surface area contributed by atoms with E-state index in [9.17, 15) is 8.42 Å². The van der Waals surface area contributed by atoms with E-state index in [-0.39, 0.29) is 12.4 Å². The zero-order valence-corrected chi connectivity index (χ0v) is 11.8. The maximum Gasteiger partial charge on any atom is 0.180 e. The van der Waals surface area contributed by atoms with Crippen LogP contribution in [0.4, 0.5) is 5.69 Å². The van der Waals surface area contributed by atoms with Gasteiger partial charge < -0.3 is 10.5 Å². The Balaban J connectivity index is 2.63. The zero-order valence-electron chi connectivity index (χ0n) is 11.0. The lowest BCUT2D eigenvalue weighted by molar-refractivity contribution is 0.146. The van der Waals surface area contributed by atoms with Gasteiger partial charge in [-0.25, -0.2) is 8.42 Å². The number of unbranched alkanes of at least 4 members (excludes halogenated alkanes) is 1. The van der Waals surface area contributed by atoms with E-state index in [1.165, 1.54) is 0 Å². The van der Waals surface area contributed by atoms with Crippen molar-refractivity contribution in [2.75, 3.05) is 24.7 Å². The summed E-state index contributed by atoms with van der Waals surface area (Å²) in [6.45, 7) is 4.68. The van der Waals surface area contributed by atoms with Crippen molar-refractivity contribution in [2.45, 2.75) is 31.6 Å². The summed E-state index contributed by atoms with van der Waals surface area (Å²) in [6, 6.07) is 4.84. The molecule has 0 bridgehead atoms. The van der Waals surface area contributed by atoms with Crippen LogP contribution >= 0.6 is 0 Å². The van der Waals surface area contributed by atoms with E-state index in [0.717, 1.165) is 12.8 Å². The molecule has 102 valence electrons. The Morgan fingerprint density at radius 3 is 2.61 bits per heavy atom. The van der Waals surface area contributed by atoms with Crippen LogP contribution in [0.15, 0.2) is 23.1 Å². The summed E-state index contributed by atoms with van der Waals surface area (Å²) in [5.74, 6) is 0.0153. The van der Waals surface area contributed by atoms with E-state index < -0.39 is 9.84 Å². The van der Waals surface area contributed by atoms with Gasteiger partial charge in [0.25, 0.3) is 0 Å². The predicted octanol–water partition coefficient (Wildman–Crippen LogP) is 2.17. The molecule has 1 rings (SSSR count). The van der Waals surface area contributed by atoms with Crippen molar-refractivity contribution in [1.82, 2.24) is 0 Å². The minimum atomic E-state index is -3.28. The minimum Gasteiger partial charge on any atom is -0.399 e. The van der Waals surface area contributed by atoms with Crippen LogP contribution in [0, 0.1) is 6.92 Å². The number of anilines is 1. The third kappa shape index (κ3) is 4.31. The van der Waals surface area contributed by atoms with Crippen molar-refractivity contribution < 1.29 is 13.2 Å². The molecule has 0 aliphatic heterocycles. The average molecular weight is 271 g/mol. The van der Waals surface area contributed by atoms with Crippen molar-refractivity contribution in [2.24, 2.45) is 0 Å². The van der Waals surface area contributed by atoms with E-state index in [1.54, 1.807) is 25.1 Å². The normalized spacial score (nSPS) is 11.7. The molecule has 1 aromatic carbocycles. The lowest BCUT2D eigenvalue weighted by Gasteiger charge is -2.08. The molecule has 4 nitrogen and oxygen atoms in total. The Bertz CT molecular complexity index is 483. The molecule has 0 saturated carbocycles. The minimum absolute atomic E-state index is 0.0153. The van der Waals surface area contributed by atoms with Gasteiger partial charge in [-0.1, -0.05) is 13.3 Å². The number of aryl methyl sites for hydroxylation is 1. The summed E-state index contributed by atoms with van der Waals surface area (Å²) in [4.78, 5) is 0.343. The van der Waals surface area contributed by atoms with Gasteiger partial charge in [0.15, 0.2) is 9.84 Å². The maximum atomic E-state index is 12.1. The van der Waals surface area contributed by atoms with Crippen molar-refractivity contribution in [3.63, 3.8) is 0 Å². The van der Waals surface area contributed by atoms with Crippen LogP contribution in [0.3, 0.4) is 0 Å². The predicted molar refractivity (Wildman–Crippen MR) is 73.4 cm³/mol. The van der Waals surface area contributed by atoms with E-state index >= 15 is 0 Å². The Labute approximate surface area is 109 Å². The highest BCUT2D eigenvalue weighted by atomic mass is 32.2. The average Bonchev–Trinajstić information content (AvgIpc) is 2.28. The van der Waals surface area contributed by atoms with Gasteiger partial charge in [-0.15, -0.1) is 0 Å². The van der Waals surface area contributed by atoms with Crippen molar-refractivity contribution in [1.29, 1.82) is 0 Å². The highest BCUT2D eigenvalue weighted by Gasteiger charge is 2.16. The maximum absolute atomic E-state index is 12.1. The number of hydrogen-bond acceptors (Lipinski definition) is 4. The molecule has 2 N–H and O–H groups in total. The molecule has 0 amide bonds. The number of nitrogens with two attached hydrogens (primary N) is 1. The fraction of sp³-hybridized carbons (Fsp3) is 0.538. The lowest BCUT2D eigenvalue weighted by Crippen LogP contribution is -2.14. The highest BCUT2D eigenvalue weighted by Crippen LogP contribution is 2.19. The number of ether oxygens (including phenoxy) is 1. The lowest BCUT2D eigenvalue weighted by atomic mass is 10.2. The van der Waals surface area contributed by atoms with Crippen LogP contribution in [0.25, 0.3) is 0 Å². The molecule has 0 heterocycles. The molecule has 18 heavy (non-hydrogen) atoms. The van der Waals surface area contributed by atoms with Crippen molar-refractivity contribution >= 4 is 15.5 Å². The van der Waals surface area contributed by atoms with Gasteiger partial charge >= 0.3 is 0 Å². The van der Waals surface area contributed by atoms with Gasteiger partial charge in [0, 0.05) is 12.3 Å². The van der Waals surface area contributed by atoms with E-state index in [4.69, 9.17) is 10.5 Å². The molecule has 0 radical (unpaired) electrons. The Morgan fingerprint density at radius 1 is 1.28 bits per heavy atom. The summed E-state index contributed by atoms with van der Waals surface area (Å²) >= 11 is 0. The van der Waals surface area contributed by atoms with E-state index in [1.807, 2.05) is 0 Å². The van der Waals surface area contributed by atoms with Gasteiger partial charge in [-0.3, -0.25) is 0 Å². The molecular formula is C13H21NO3S. The van der Waals surface area contributed by atoms with Crippen molar-refractivity contribution in [3.05, 3.63) is 23.8 Å². The molecule has 0 aromatic heterocycles. The second-order valence-corrected chi connectivity index (χ2v) is 6.39. The molecule has 0 fully saturated rings. The van der Waals surface area contributed by atoms with Crippen LogP contribution in [0.5, 0.6) is 0 Å². The first kappa shape index (κ1) is 15.0. The molecule has 0 saturated heterocycles. The molecule has 0 aliphatic rings. The van der Waals surface area contributed by atoms with Crippen LogP contribution < -0.4 is 5.73 Å². The number of nitrogen functional groups attached to an aromatic ring is 1. The molecule has 0 atom stereocenters. The zero-order chi connectivity index (χ0) is 13.6. The van der Waals surface area contributed by atoms with Gasteiger partial charge in [-0.2, -0.15) is 0 Å². The monoisotopic (exact) mass is 271 g/mol. The largest absolute Gasteiger partial charge is 0.399 e. The number of benzene rings is 1. The summed E-state index contributed by atoms with van der Waals surface area (Å²) in [6.07, 6.45) is 2.00. The summed E-state index contributed by atoms with van der Waals surface area (Å²) in [5.41, 5.74) is 6.86. The molecule has 1 aromatic rings. The van der Waals surface area contributed by atoms with Gasteiger partial charge in [0.1, 0.15) is 0 Å². The first-order valence-corrected chi connectivity index (χ1v) is 7.79. The Kier molecular flexibility index (Phi) is 5.62. The Hall–Kier alpha value is -1.07. The van der Waals surface area contributed by atoms with Gasteiger partial charge in [-0.05, 0) is 37.1 Å². The second-order valence-electron chi connectivity index (χ2n) is 4.31. The fourth-order valence-electron chi connectivity index (χ4n) is 1.65. The Morgan fingerprint density at radius 2 is 2.00 bits per heavy atom. The van der Waals surface area contributed by atoms with E-state index in [0.29, 0.717) is 22.8 Å². The van der Waals surface area contributed by atoms with Crippen molar-refractivity contribution in [3.8, 4) is 0 Å². The molecule has 5 heteroatoms. The SMILES string of the molecule is CCCCOCCS(=O)(=O)c1ccc(N)cc1C. The first-order valence-electron chi connectivity index (χ1n) is 6.14. The summed E-state index contributed by atoms with van der Waals surface area (Å²) < 4.78 is 29.4. The second kappa shape index (κ2) is 6.75. The van der Waals surface area contributed by atoms with E-state index in [2.05, 4.69) is 6.92 Å². The van der Waals surface area contributed by atoms with Gasteiger partial charge in [0.05, 0.1) is 17.3 Å². The molecule has 0 aliphatic carbocycles. The molecule has 0 unspecified atom stereocenters. The van der Waals surface area contributed by atoms with Crippen LogP contribution in [0.1, 0.15) is 25.3 Å². The standard InChI is InChI=1S/C13H21NO3S/c1-3-4-7-17-8-9-18(15,16)13-6-5-12(14)10-11(13)2/h5-6,10H,3-4,7-9,14H2,1-2H3. The number of rotatable bonds is 7. The summed E-state index contributed by atoms with van der Waals surface area (Å²) in [5, 5.41) is 0. The third-order valence-electron chi connectivity index (χ3n) is 2.67. The fourth-order valence-corrected chi connectivity index (χ4v) is 3.03. The van der Waals surface area contributed by atoms with Crippen LogP contribution in [-0.2, 0) is 14.6 Å². The number of hydrogen-bond donors (Lipinski definition) is 1. The van der Waals surface area contributed by atoms with Crippen LogP contribution in [0.2, 0.25) is 0 Å². The summed E-state index contributed by atoms with van der Waals surface area (Å²) in [7, 11) is -3.28. The quantitative estimate of drug-likeness (QED) is 0.609. The smallest absolute Gasteiger partial charge is 0.180 e. The topological polar surface area (TPSA) is 69.4 Å². The molecule has 0 spiro atoms. The number of sulfone groups is 1. The first-order chi connectivity index (χ1) is 8.47. The molecular weight excluding hydrogens is 250 g/mol.